The number of aliphatic hydroxyl groups is 2. The Morgan fingerprint density at radius 1 is 0.978 bits per heavy atom. The third-order valence-electron chi connectivity index (χ3n) is 10.8. The SMILES string of the molecule is CCC/C=C1\OC(=O)C2=C(c3cc(O)ccc3-c3ccccc3)[C@@H]3CC[C@@]21[C@H]1C2=C(CC[C@@H]31)C(=CC[C@H](CO)CCO)OC2=O. The van der Waals surface area contributed by atoms with Gasteiger partial charge in [0.25, 0.3) is 0 Å². The second kappa shape index (κ2) is 11.8. The lowest BCUT2D eigenvalue weighted by Gasteiger charge is -2.56. The van der Waals surface area contributed by atoms with Gasteiger partial charge in [0.15, 0.2) is 0 Å². The fourth-order valence-electron chi connectivity index (χ4n) is 8.90. The molecule has 5 atom stereocenters. The van der Waals surface area contributed by atoms with Crippen molar-refractivity contribution in [3.05, 3.63) is 94.5 Å². The van der Waals surface area contributed by atoms with Crippen molar-refractivity contribution in [3.8, 4) is 16.9 Å². The Bertz CT molecular complexity index is 1660. The van der Waals surface area contributed by atoms with Crippen molar-refractivity contribution in [2.24, 2.45) is 29.1 Å². The fraction of sp³-hybridized carbons (Fsp3) is 0.421. The summed E-state index contributed by atoms with van der Waals surface area (Å²) in [5.74, 6) is 0.361. The number of hydrogen-bond donors (Lipinski definition) is 3. The molecule has 1 saturated heterocycles. The fourth-order valence-corrected chi connectivity index (χ4v) is 8.90. The van der Waals surface area contributed by atoms with Crippen LogP contribution in [0.5, 0.6) is 5.75 Å². The average Bonchev–Trinajstić information content (AvgIpc) is 3.55. The maximum absolute atomic E-state index is 14.1. The maximum Gasteiger partial charge on any atom is 0.340 e. The Hall–Kier alpha value is -3.94. The van der Waals surface area contributed by atoms with E-state index in [-0.39, 0.29) is 54.6 Å². The lowest BCUT2D eigenvalue weighted by atomic mass is 9.44. The summed E-state index contributed by atoms with van der Waals surface area (Å²) in [5, 5.41) is 29.9. The molecule has 6 aliphatic rings. The largest absolute Gasteiger partial charge is 0.508 e. The minimum absolute atomic E-state index is 0.00687. The molecule has 2 bridgehead atoms. The van der Waals surface area contributed by atoms with Gasteiger partial charge in [0.1, 0.15) is 17.3 Å². The number of ether oxygens (including phenoxy) is 2. The molecule has 0 radical (unpaired) electrons. The second-order valence-corrected chi connectivity index (χ2v) is 13.1. The van der Waals surface area contributed by atoms with Crippen LogP contribution in [0.3, 0.4) is 0 Å². The van der Waals surface area contributed by atoms with Crippen LogP contribution in [0.2, 0.25) is 0 Å². The molecule has 4 aliphatic carbocycles. The van der Waals surface area contributed by atoms with Crippen molar-refractivity contribution in [3.63, 3.8) is 0 Å². The maximum atomic E-state index is 14.1. The van der Waals surface area contributed by atoms with E-state index in [2.05, 4.69) is 13.0 Å². The van der Waals surface area contributed by atoms with E-state index in [4.69, 9.17) is 9.47 Å². The molecule has 45 heavy (non-hydrogen) atoms. The van der Waals surface area contributed by atoms with Crippen LogP contribution in [0.1, 0.15) is 63.9 Å². The molecule has 2 aromatic rings. The van der Waals surface area contributed by atoms with Gasteiger partial charge >= 0.3 is 11.9 Å². The summed E-state index contributed by atoms with van der Waals surface area (Å²) in [7, 11) is 0. The van der Waals surface area contributed by atoms with Crippen LogP contribution < -0.4 is 0 Å². The van der Waals surface area contributed by atoms with Gasteiger partial charge in [-0.05, 0) is 109 Å². The number of phenols is 1. The number of phenolic OH excluding ortho intramolecular Hbond substituents is 1. The highest BCUT2D eigenvalue weighted by Gasteiger charge is 2.68. The molecule has 2 aliphatic heterocycles. The molecule has 2 aromatic carbocycles. The minimum Gasteiger partial charge on any atom is -0.508 e. The number of cyclic esters (lactones) is 2. The Morgan fingerprint density at radius 3 is 2.56 bits per heavy atom. The van der Waals surface area contributed by atoms with Gasteiger partial charge in [0, 0.05) is 30.3 Å². The number of esters is 2. The summed E-state index contributed by atoms with van der Waals surface area (Å²) < 4.78 is 12.1. The van der Waals surface area contributed by atoms with Crippen LogP contribution in [0.4, 0.5) is 0 Å². The van der Waals surface area contributed by atoms with Gasteiger partial charge in [0.05, 0.1) is 11.0 Å². The average molecular weight is 609 g/mol. The standard InChI is InChI=1S/C38H40O7/c1-2-3-9-31-38-18-16-26(27-13-14-28-30(15-10-22(21-40)17-19-39)44-36(42)33(28)34(27)38)32(35(38)37(43)45-31)29-20-24(41)11-12-25(29)23-7-5-4-6-8-23/h4-9,11-12,15,20,22,26-27,34,39-41H,2-3,10,13-14,16-19,21H2,1H3/b30-15?,31-9-/t22-,26+,27-,34+,38+/m0/s1. The van der Waals surface area contributed by atoms with Crippen molar-refractivity contribution >= 4 is 17.5 Å². The summed E-state index contributed by atoms with van der Waals surface area (Å²) in [5.41, 5.74) is 5.17. The minimum atomic E-state index is -0.791. The van der Waals surface area contributed by atoms with E-state index in [1.54, 1.807) is 12.1 Å². The van der Waals surface area contributed by atoms with E-state index < -0.39 is 5.41 Å². The first-order chi connectivity index (χ1) is 21.9. The first kappa shape index (κ1) is 29.8. The zero-order valence-corrected chi connectivity index (χ0v) is 25.6. The van der Waals surface area contributed by atoms with Crippen LogP contribution in [0.25, 0.3) is 16.7 Å². The first-order valence-corrected chi connectivity index (χ1v) is 16.4. The molecule has 1 saturated carbocycles. The van der Waals surface area contributed by atoms with Gasteiger partial charge in [-0.1, -0.05) is 49.7 Å². The van der Waals surface area contributed by atoms with Gasteiger partial charge < -0.3 is 24.8 Å². The van der Waals surface area contributed by atoms with Crippen molar-refractivity contribution in [2.45, 2.75) is 58.3 Å². The molecule has 8 rings (SSSR count). The van der Waals surface area contributed by atoms with Gasteiger partial charge in [-0.15, -0.1) is 0 Å². The van der Waals surface area contributed by atoms with Gasteiger partial charge in [-0.3, -0.25) is 0 Å². The van der Waals surface area contributed by atoms with E-state index in [9.17, 15) is 24.9 Å². The molecule has 7 nitrogen and oxygen atoms in total. The highest BCUT2D eigenvalue weighted by atomic mass is 16.5. The molecule has 0 aromatic heterocycles. The number of carbonyl (C=O) groups excluding carboxylic acids is 2. The van der Waals surface area contributed by atoms with Gasteiger partial charge in [-0.2, -0.15) is 0 Å². The Balaban J connectivity index is 1.43. The highest BCUT2D eigenvalue weighted by Crippen LogP contribution is 2.72. The van der Waals surface area contributed by atoms with E-state index >= 15 is 0 Å². The molecule has 0 amide bonds. The van der Waals surface area contributed by atoms with Gasteiger partial charge in [-0.25, -0.2) is 9.59 Å². The summed E-state index contributed by atoms with van der Waals surface area (Å²) >= 11 is 0. The number of carbonyl (C=O) groups is 2. The topological polar surface area (TPSA) is 113 Å². The van der Waals surface area contributed by atoms with Gasteiger partial charge in [0.2, 0.25) is 0 Å². The third-order valence-corrected chi connectivity index (χ3v) is 10.8. The molecular weight excluding hydrogens is 568 g/mol. The number of allylic oxidation sites excluding steroid dienone is 5. The molecule has 2 fully saturated rings. The Kier molecular flexibility index (Phi) is 7.78. The molecule has 0 unspecified atom stereocenters. The number of aromatic hydroxyl groups is 1. The monoisotopic (exact) mass is 608 g/mol. The molecule has 3 N–H and O–H groups in total. The summed E-state index contributed by atoms with van der Waals surface area (Å²) in [6.45, 7) is 2.02. The molecule has 234 valence electrons. The third kappa shape index (κ3) is 4.62. The lowest BCUT2D eigenvalue weighted by Crippen LogP contribution is -2.52. The summed E-state index contributed by atoms with van der Waals surface area (Å²) in [6.07, 6.45) is 9.62. The number of rotatable bonds is 9. The van der Waals surface area contributed by atoms with Crippen molar-refractivity contribution in [2.75, 3.05) is 13.2 Å². The van der Waals surface area contributed by atoms with E-state index in [0.29, 0.717) is 48.3 Å². The van der Waals surface area contributed by atoms with Crippen LogP contribution in [-0.2, 0) is 19.1 Å². The van der Waals surface area contributed by atoms with Crippen molar-refractivity contribution < 1.29 is 34.4 Å². The van der Waals surface area contributed by atoms with Crippen LogP contribution in [0.15, 0.2) is 88.9 Å². The number of aliphatic hydroxyl groups excluding tert-OH is 2. The van der Waals surface area contributed by atoms with Crippen molar-refractivity contribution in [1.29, 1.82) is 0 Å². The van der Waals surface area contributed by atoms with Crippen molar-refractivity contribution in [1.82, 2.24) is 0 Å². The van der Waals surface area contributed by atoms with E-state index in [1.807, 2.05) is 42.5 Å². The molecular formula is C38H40O7. The summed E-state index contributed by atoms with van der Waals surface area (Å²) in [6, 6.07) is 15.4. The second-order valence-electron chi connectivity index (χ2n) is 13.1. The quantitative estimate of drug-likeness (QED) is 0.275. The predicted octanol–water partition coefficient (Wildman–Crippen LogP) is 6.61. The predicted molar refractivity (Wildman–Crippen MR) is 169 cm³/mol. The number of fused-ring (bicyclic) bond motifs is 1. The zero-order chi connectivity index (χ0) is 31.3. The Labute approximate surface area is 263 Å². The lowest BCUT2D eigenvalue weighted by molar-refractivity contribution is -0.135. The Morgan fingerprint density at radius 2 is 1.80 bits per heavy atom. The smallest absolute Gasteiger partial charge is 0.340 e. The summed E-state index contributed by atoms with van der Waals surface area (Å²) in [4.78, 5) is 27.9. The normalized spacial score (nSPS) is 29.2. The van der Waals surface area contributed by atoms with E-state index in [0.717, 1.165) is 53.5 Å². The zero-order valence-electron chi connectivity index (χ0n) is 25.6. The molecule has 1 spiro atoms. The van der Waals surface area contributed by atoms with Crippen LogP contribution >= 0.6 is 0 Å². The number of hydrogen-bond acceptors (Lipinski definition) is 7. The van der Waals surface area contributed by atoms with Crippen LogP contribution in [0, 0.1) is 29.1 Å². The molecule has 7 heteroatoms. The highest BCUT2D eigenvalue weighted by molar-refractivity contribution is 6.07. The number of benzene rings is 2. The van der Waals surface area contributed by atoms with E-state index in [1.165, 1.54) is 0 Å². The number of unbranched alkanes of at least 4 members (excludes halogenated alkanes) is 1. The molecule has 2 heterocycles. The van der Waals surface area contributed by atoms with Crippen LogP contribution in [-0.4, -0.2) is 40.5 Å². The first-order valence-electron chi connectivity index (χ1n) is 16.4.